The molecule has 1 atom stereocenters. The minimum Gasteiger partial charge on any atom is -0.465 e. The van der Waals surface area contributed by atoms with Gasteiger partial charge in [-0.05, 0) is 44.4 Å². The van der Waals surface area contributed by atoms with Gasteiger partial charge in [-0.2, -0.15) is 0 Å². The molecule has 1 heterocycles. The molecule has 0 saturated carbocycles. The normalized spacial score (nSPS) is 20.7. The van der Waals surface area contributed by atoms with Gasteiger partial charge in [-0.25, -0.2) is 0 Å². The first-order valence-corrected chi connectivity index (χ1v) is 6.83. The molecule has 0 spiro atoms. The fourth-order valence-corrected chi connectivity index (χ4v) is 1.91. The summed E-state index contributed by atoms with van der Waals surface area (Å²) in [4.78, 5) is 0. The monoisotopic (exact) mass is 262 g/mol. The van der Waals surface area contributed by atoms with Gasteiger partial charge in [0.2, 0.25) is 0 Å². The van der Waals surface area contributed by atoms with Gasteiger partial charge >= 0.3 is 0 Å². The molecular formula is C16H22O3. The molecule has 1 aromatic carbocycles. The summed E-state index contributed by atoms with van der Waals surface area (Å²) in [6.45, 7) is 4.29. The van der Waals surface area contributed by atoms with Crippen LogP contribution in [-0.4, -0.2) is 23.6 Å². The Morgan fingerprint density at radius 1 is 1.26 bits per heavy atom. The summed E-state index contributed by atoms with van der Waals surface area (Å²) in [5.41, 5.74) is 0.254. The highest BCUT2D eigenvalue weighted by Crippen LogP contribution is 2.20. The van der Waals surface area contributed by atoms with E-state index >= 15 is 0 Å². The van der Waals surface area contributed by atoms with Gasteiger partial charge in [-0.3, -0.25) is 0 Å². The van der Waals surface area contributed by atoms with Crippen LogP contribution in [0.5, 0.6) is 5.75 Å². The second-order valence-electron chi connectivity index (χ2n) is 5.47. The topological polar surface area (TPSA) is 38.7 Å². The van der Waals surface area contributed by atoms with Gasteiger partial charge in [0.05, 0.1) is 12.2 Å². The number of rotatable bonds is 4. The molecule has 0 amide bonds. The highest BCUT2D eigenvalue weighted by Gasteiger charge is 2.14. The first-order chi connectivity index (χ1) is 9.03. The third-order valence-electron chi connectivity index (χ3n) is 2.97. The summed E-state index contributed by atoms with van der Waals surface area (Å²) in [6, 6.07) is 7.81. The lowest BCUT2D eigenvalue weighted by molar-refractivity contribution is -0.105. The van der Waals surface area contributed by atoms with Crippen LogP contribution in [0.1, 0.15) is 38.7 Å². The van der Waals surface area contributed by atoms with E-state index in [2.05, 4.69) is 0 Å². The minimum atomic E-state index is -0.787. The van der Waals surface area contributed by atoms with Gasteiger partial charge in [0, 0.05) is 6.42 Å². The molecule has 2 rings (SSSR count). The van der Waals surface area contributed by atoms with Crippen LogP contribution in [0.15, 0.2) is 30.3 Å². The summed E-state index contributed by atoms with van der Waals surface area (Å²) in [5.74, 6) is 0.826. The smallest absolute Gasteiger partial charge is 0.199 e. The van der Waals surface area contributed by atoms with E-state index in [1.54, 1.807) is 19.9 Å². The molecule has 3 heteroatoms. The van der Waals surface area contributed by atoms with Crippen molar-refractivity contribution in [1.82, 2.24) is 0 Å². The molecule has 1 N–H and O–H groups in total. The quantitative estimate of drug-likeness (QED) is 0.904. The van der Waals surface area contributed by atoms with Crippen molar-refractivity contribution < 1.29 is 14.6 Å². The lowest BCUT2D eigenvalue weighted by Gasteiger charge is -2.23. The van der Waals surface area contributed by atoms with E-state index in [1.807, 2.05) is 30.3 Å². The average Bonchev–Trinajstić information content (AvgIpc) is 2.38. The van der Waals surface area contributed by atoms with Gasteiger partial charge in [0.15, 0.2) is 6.29 Å². The number of aliphatic hydroxyl groups is 1. The Kier molecular flexibility index (Phi) is 4.61. The molecule has 1 saturated heterocycles. The maximum atomic E-state index is 9.62. The molecule has 3 nitrogen and oxygen atoms in total. The molecule has 19 heavy (non-hydrogen) atoms. The van der Waals surface area contributed by atoms with Crippen molar-refractivity contribution in [3.8, 4) is 5.75 Å². The standard InChI is InChI=1S/C16H22O3/c1-16(2,17)11-10-13-6-8-14(9-7-13)19-15-5-3-4-12-18-15/h6-11,15,17H,3-5,12H2,1-2H3. The van der Waals surface area contributed by atoms with Crippen molar-refractivity contribution in [2.45, 2.75) is 45.0 Å². The number of hydrogen-bond donors (Lipinski definition) is 1. The molecule has 0 radical (unpaired) electrons. The van der Waals surface area contributed by atoms with Gasteiger partial charge < -0.3 is 14.6 Å². The van der Waals surface area contributed by atoms with E-state index in [0.717, 1.165) is 37.2 Å². The lowest BCUT2D eigenvalue weighted by atomic mass is 10.1. The molecule has 1 aliphatic rings. The third kappa shape index (κ3) is 5.05. The van der Waals surface area contributed by atoms with E-state index in [4.69, 9.17) is 9.47 Å². The minimum absolute atomic E-state index is 0.105. The molecule has 1 fully saturated rings. The van der Waals surface area contributed by atoms with E-state index < -0.39 is 5.60 Å². The molecule has 0 aliphatic carbocycles. The Morgan fingerprint density at radius 3 is 2.58 bits per heavy atom. The van der Waals surface area contributed by atoms with E-state index in [-0.39, 0.29) is 6.29 Å². The summed E-state index contributed by atoms with van der Waals surface area (Å²) in [6.07, 6.45) is 6.82. The van der Waals surface area contributed by atoms with E-state index in [0.29, 0.717) is 0 Å². The van der Waals surface area contributed by atoms with Crippen molar-refractivity contribution >= 4 is 6.08 Å². The van der Waals surface area contributed by atoms with Crippen molar-refractivity contribution in [3.63, 3.8) is 0 Å². The summed E-state index contributed by atoms with van der Waals surface area (Å²) in [7, 11) is 0. The second-order valence-corrected chi connectivity index (χ2v) is 5.47. The highest BCUT2D eigenvalue weighted by molar-refractivity contribution is 5.51. The lowest BCUT2D eigenvalue weighted by Crippen LogP contribution is -2.24. The van der Waals surface area contributed by atoms with E-state index in [9.17, 15) is 5.11 Å². The van der Waals surface area contributed by atoms with Crippen LogP contribution in [0, 0.1) is 0 Å². The number of benzene rings is 1. The van der Waals surface area contributed by atoms with Gasteiger partial charge in [-0.15, -0.1) is 0 Å². The van der Waals surface area contributed by atoms with Crippen LogP contribution in [0.4, 0.5) is 0 Å². The maximum Gasteiger partial charge on any atom is 0.199 e. The van der Waals surface area contributed by atoms with Crippen LogP contribution >= 0.6 is 0 Å². The zero-order valence-electron chi connectivity index (χ0n) is 11.6. The predicted molar refractivity (Wildman–Crippen MR) is 76.0 cm³/mol. The summed E-state index contributed by atoms with van der Waals surface area (Å²) < 4.78 is 11.3. The molecule has 1 aromatic rings. The van der Waals surface area contributed by atoms with E-state index in [1.165, 1.54) is 0 Å². The number of hydrogen-bond acceptors (Lipinski definition) is 3. The van der Waals surface area contributed by atoms with Crippen molar-refractivity contribution in [3.05, 3.63) is 35.9 Å². The highest BCUT2D eigenvalue weighted by atomic mass is 16.7. The third-order valence-corrected chi connectivity index (χ3v) is 2.97. The molecule has 104 valence electrons. The van der Waals surface area contributed by atoms with Crippen molar-refractivity contribution in [1.29, 1.82) is 0 Å². The zero-order chi connectivity index (χ0) is 13.7. The molecule has 1 unspecified atom stereocenters. The van der Waals surface area contributed by atoms with Crippen LogP contribution < -0.4 is 4.74 Å². The summed E-state index contributed by atoms with van der Waals surface area (Å²) in [5, 5.41) is 9.62. The average molecular weight is 262 g/mol. The van der Waals surface area contributed by atoms with Crippen LogP contribution in [0.2, 0.25) is 0 Å². The Hall–Kier alpha value is -1.32. The van der Waals surface area contributed by atoms with Crippen molar-refractivity contribution in [2.75, 3.05) is 6.61 Å². The fraction of sp³-hybridized carbons (Fsp3) is 0.500. The largest absolute Gasteiger partial charge is 0.465 e. The van der Waals surface area contributed by atoms with Crippen molar-refractivity contribution in [2.24, 2.45) is 0 Å². The first kappa shape index (κ1) is 14.1. The maximum absolute atomic E-state index is 9.62. The Morgan fingerprint density at radius 2 is 2.00 bits per heavy atom. The molecule has 0 aromatic heterocycles. The van der Waals surface area contributed by atoms with Gasteiger partial charge in [-0.1, -0.05) is 24.3 Å². The zero-order valence-corrected chi connectivity index (χ0v) is 11.6. The van der Waals surface area contributed by atoms with Gasteiger partial charge in [0.25, 0.3) is 0 Å². The molecular weight excluding hydrogens is 240 g/mol. The Labute approximate surface area is 114 Å². The van der Waals surface area contributed by atoms with Crippen LogP contribution in [-0.2, 0) is 4.74 Å². The summed E-state index contributed by atoms with van der Waals surface area (Å²) >= 11 is 0. The Balaban J connectivity index is 1.92. The van der Waals surface area contributed by atoms with Gasteiger partial charge in [0.1, 0.15) is 5.75 Å². The SMILES string of the molecule is CC(C)(O)C=Cc1ccc(OC2CCCCO2)cc1. The fourth-order valence-electron chi connectivity index (χ4n) is 1.91. The Bertz CT molecular complexity index is 409. The number of ether oxygens (including phenoxy) is 2. The molecule has 1 aliphatic heterocycles. The first-order valence-electron chi connectivity index (χ1n) is 6.83. The van der Waals surface area contributed by atoms with Crippen LogP contribution in [0.25, 0.3) is 6.08 Å². The van der Waals surface area contributed by atoms with Crippen LogP contribution in [0.3, 0.4) is 0 Å². The molecule has 0 bridgehead atoms. The predicted octanol–water partition coefficient (Wildman–Crippen LogP) is 3.38. The second kappa shape index (κ2) is 6.22.